The molecule has 2 amide bonds. The second-order valence-corrected chi connectivity index (χ2v) is 10.3. The summed E-state index contributed by atoms with van der Waals surface area (Å²) in [5.74, 6) is -0.620. The molecule has 34 heavy (non-hydrogen) atoms. The smallest absolute Gasteiger partial charge is 0.245 e. The molecule has 2 aromatic rings. The van der Waals surface area contributed by atoms with Crippen LogP contribution in [-0.2, 0) is 15.0 Å². The van der Waals surface area contributed by atoms with Gasteiger partial charge < -0.3 is 21.1 Å². The number of halogens is 1. The van der Waals surface area contributed by atoms with Crippen LogP contribution in [0.3, 0.4) is 0 Å². The third-order valence-electron chi connectivity index (χ3n) is 7.47. The molecule has 3 atom stereocenters. The number of aliphatic hydroxyl groups excluding tert-OH is 1. The summed E-state index contributed by atoms with van der Waals surface area (Å²) < 4.78 is 0. The normalized spacial score (nSPS) is 20.7. The summed E-state index contributed by atoms with van der Waals surface area (Å²) in [6.45, 7) is 6.45. The van der Waals surface area contributed by atoms with Crippen molar-refractivity contribution in [2.24, 2.45) is 5.73 Å². The van der Waals surface area contributed by atoms with Gasteiger partial charge in [-0.15, -0.1) is 12.4 Å². The molecule has 4 N–H and O–H groups in total. The lowest BCUT2D eigenvalue weighted by atomic mass is 9.73. The van der Waals surface area contributed by atoms with Crippen LogP contribution in [0.1, 0.15) is 68.7 Å². The van der Waals surface area contributed by atoms with E-state index in [1.807, 2.05) is 60.4 Å². The average Bonchev–Trinajstić information content (AvgIpc) is 3.08. The largest absolute Gasteiger partial charge is 0.388 e. The predicted molar refractivity (Wildman–Crippen MR) is 136 cm³/mol. The quantitative estimate of drug-likeness (QED) is 0.604. The summed E-state index contributed by atoms with van der Waals surface area (Å²) in [4.78, 5) is 28.3. The first-order valence-corrected chi connectivity index (χ1v) is 11.8. The van der Waals surface area contributed by atoms with Gasteiger partial charge in [0.05, 0.1) is 11.6 Å². The van der Waals surface area contributed by atoms with Crippen molar-refractivity contribution in [1.82, 2.24) is 10.2 Å². The fourth-order valence-electron chi connectivity index (χ4n) is 5.36. The van der Waals surface area contributed by atoms with Crippen LogP contribution in [0.25, 0.3) is 0 Å². The molecule has 1 aliphatic heterocycles. The van der Waals surface area contributed by atoms with Crippen LogP contribution in [0, 0.1) is 0 Å². The van der Waals surface area contributed by atoms with Crippen LogP contribution >= 0.6 is 12.4 Å². The van der Waals surface area contributed by atoms with E-state index in [0.29, 0.717) is 19.5 Å². The highest BCUT2D eigenvalue weighted by Crippen LogP contribution is 2.50. The van der Waals surface area contributed by atoms with E-state index >= 15 is 0 Å². The molecule has 0 bridgehead atoms. The van der Waals surface area contributed by atoms with Gasteiger partial charge in [0.1, 0.15) is 6.04 Å². The van der Waals surface area contributed by atoms with E-state index in [1.165, 1.54) is 5.56 Å². The van der Waals surface area contributed by atoms with Crippen molar-refractivity contribution < 1.29 is 14.7 Å². The van der Waals surface area contributed by atoms with Gasteiger partial charge in [-0.2, -0.15) is 0 Å². The second-order valence-electron chi connectivity index (χ2n) is 10.3. The molecule has 1 heterocycles. The minimum absolute atomic E-state index is 0. The van der Waals surface area contributed by atoms with Crippen molar-refractivity contribution >= 4 is 24.2 Å². The highest BCUT2D eigenvalue weighted by Gasteiger charge is 2.46. The number of piperidine rings is 1. The Bertz CT molecular complexity index is 1010. The van der Waals surface area contributed by atoms with Gasteiger partial charge in [-0.05, 0) is 49.8 Å². The van der Waals surface area contributed by atoms with Crippen LogP contribution in [0.2, 0.25) is 0 Å². The number of amides is 2. The Morgan fingerprint density at radius 2 is 1.68 bits per heavy atom. The van der Waals surface area contributed by atoms with Gasteiger partial charge in [0.25, 0.3) is 0 Å². The molecule has 7 heteroatoms. The molecule has 6 nitrogen and oxygen atoms in total. The molecule has 1 aliphatic carbocycles. The minimum Gasteiger partial charge on any atom is -0.388 e. The first-order valence-electron chi connectivity index (χ1n) is 11.8. The highest BCUT2D eigenvalue weighted by molar-refractivity contribution is 5.92. The standard InChI is InChI=1S/C27H35N3O3.ClH/c1-18(19-9-5-4-6-10-19)23(29-25(33)26(2,3)28)24(32)30-15-13-27(14-16-30)17-22(31)20-11-7-8-12-21(20)27;/h4-12,18,22-23,31H,13-17,28H2,1-3H3,(H,29,33);1H/t18-,22-,23-;/m0./s1. The molecule has 2 aliphatic rings. The number of carbonyl (C=O) groups excluding carboxylic acids is 2. The topological polar surface area (TPSA) is 95.7 Å². The van der Waals surface area contributed by atoms with E-state index in [-0.39, 0.29) is 35.6 Å². The Morgan fingerprint density at radius 1 is 1.09 bits per heavy atom. The molecular formula is C27H36ClN3O3. The lowest BCUT2D eigenvalue weighted by Crippen LogP contribution is -2.59. The Kier molecular flexibility index (Phi) is 7.75. The van der Waals surface area contributed by atoms with Gasteiger partial charge in [0.15, 0.2) is 0 Å². The molecule has 184 valence electrons. The van der Waals surface area contributed by atoms with Crippen molar-refractivity contribution in [2.75, 3.05) is 13.1 Å². The Hall–Kier alpha value is -2.41. The van der Waals surface area contributed by atoms with Gasteiger partial charge in [-0.3, -0.25) is 9.59 Å². The maximum absolute atomic E-state index is 13.7. The highest BCUT2D eigenvalue weighted by atomic mass is 35.5. The van der Waals surface area contributed by atoms with Crippen LogP contribution in [0.4, 0.5) is 0 Å². The van der Waals surface area contributed by atoms with Crippen LogP contribution in [0.5, 0.6) is 0 Å². The van der Waals surface area contributed by atoms with E-state index in [9.17, 15) is 14.7 Å². The van der Waals surface area contributed by atoms with Crippen molar-refractivity contribution in [3.63, 3.8) is 0 Å². The fraction of sp³-hybridized carbons (Fsp3) is 0.481. The summed E-state index contributed by atoms with van der Waals surface area (Å²) in [7, 11) is 0. The molecule has 0 unspecified atom stereocenters. The lowest BCUT2D eigenvalue weighted by Gasteiger charge is -2.42. The number of benzene rings is 2. The number of likely N-dealkylation sites (tertiary alicyclic amines) is 1. The number of carbonyl (C=O) groups is 2. The summed E-state index contributed by atoms with van der Waals surface area (Å²) in [6, 6.07) is 17.2. The number of nitrogens with one attached hydrogen (secondary N) is 1. The minimum atomic E-state index is -1.08. The van der Waals surface area contributed by atoms with Crippen LogP contribution in [0.15, 0.2) is 54.6 Å². The third-order valence-corrected chi connectivity index (χ3v) is 7.47. The average molecular weight is 486 g/mol. The maximum atomic E-state index is 13.7. The van der Waals surface area contributed by atoms with Gasteiger partial charge in [0.2, 0.25) is 11.8 Å². The van der Waals surface area contributed by atoms with Crippen LogP contribution in [-0.4, -0.2) is 46.5 Å². The number of hydrogen-bond acceptors (Lipinski definition) is 4. The number of nitrogens with zero attached hydrogens (tertiary/aromatic N) is 1. The molecule has 0 aromatic heterocycles. The van der Waals surface area contributed by atoms with Crippen molar-refractivity contribution in [3.05, 3.63) is 71.3 Å². The second kappa shape index (κ2) is 10.1. The number of rotatable bonds is 5. The Labute approximate surface area is 208 Å². The summed E-state index contributed by atoms with van der Waals surface area (Å²) in [5, 5.41) is 13.5. The molecule has 4 rings (SSSR count). The summed E-state index contributed by atoms with van der Waals surface area (Å²) in [5.41, 5.74) is 8.09. The first-order chi connectivity index (χ1) is 15.6. The van der Waals surface area contributed by atoms with E-state index in [2.05, 4.69) is 11.4 Å². The molecule has 0 saturated carbocycles. The monoisotopic (exact) mass is 485 g/mol. The van der Waals surface area contributed by atoms with Gasteiger partial charge in [-0.1, -0.05) is 61.5 Å². The number of fused-ring (bicyclic) bond motifs is 2. The first kappa shape index (κ1) is 26.2. The maximum Gasteiger partial charge on any atom is 0.245 e. The SMILES string of the molecule is C[C@@H](c1ccccc1)[C@H](NC(=O)C(C)(C)N)C(=O)N1CCC2(CC1)C[C@H](O)c1ccccc12.Cl. The number of nitrogens with two attached hydrogens (primary N) is 1. The van der Waals surface area contributed by atoms with Gasteiger partial charge in [0, 0.05) is 24.4 Å². The zero-order valence-electron chi connectivity index (χ0n) is 20.2. The number of hydrogen-bond donors (Lipinski definition) is 3. The molecule has 2 aromatic carbocycles. The van der Waals surface area contributed by atoms with E-state index in [0.717, 1.165) is 24.0 Å². The van der Waals surface area contributed by atoms with Gasteiger partial charge in [-0.25, -0.2) is 0 Å². The van der Waals surface area contributed by atoms with E-state index in [4.69, 9.17) is 5.73 Å². The molecule has 1 spiro atoms. The Morgan fingerprint density at radius 3 is 2.29 bits per heavy atom. The molecule has 1 fully saturated rings. The van der Waals surface area contributed by atoms with E-state index in [1.54, 1.807) is 13.8 Å². The fourth-order valence-corrected chi connectivity index (χ4v) is 5.36. The van der Waals surface area contributed by atoms with Crippen LogP contribution < -0.4 is 11.1 Å². The summed E-state index contributed by atoms with van der Waals surface area (Å²) in [6.07, 6.45) is 1.86. The number of aliphatic hydroxyl groups is 1. The lowest BCUT2D eigenvalue weighted by molar-refractivity contribution is -0.139. The summed E-state index contributed by atoms with van der Waals surface area (Å²) >= 11 is 0. The Balaban J connectivity index is 0.00000324. The zero-order chi connectivity index (χ0) is 23.8. The molecular weight excluding hydrogens is 450 g/mol. The van der Waals surface area contributed by atoms with Crippen molar-refractivity contribution in [2.45, 2.75) is 69.1 Å². The zero-order valence-corrected chi connectivity index (χ0v) is 21.0. The predicted octanol–water partition coefficient (Wildman–Crippen LogP) is 3.43. The van der Waals surface area contributed by atoms with E-state index < -0.39 is 17.7 Å². The molecule has 1 saturated heterocycles. The third kappa shape index (κ3) is 4.99. The van der Waals surface area contributed by atoms with Gasteiger partial charge >= 0.3 is 0 Å². The van der Waals surface area contributed by atoms with Crippen molar-refractivity contribution in [1.29, 1.82) is 0 Å². The van der Waals surface area contributed by atoms with Crippen molar-refractivity contribution in [3.8, 4) is 0 Å². The molecule has 0 radical (unpaired) electrons.